The fourth-order valence-electron chi connectivity index (χ4n) is 3.47. The summed E-state index contributed by atoms with van der Waals surface area (Å²) < 4.78 is 0. The molecule has 0 aliphatic heterocycles. The molecule has 0 aromatic heterocycles. The second kappa shape index (κ2) is 7.49. The van der Waals surface area contributed by atoms with E-state index in [0.717, 1.165) is 12.5 Å². The number of hydrogen-bond donors (Lipinski definition) is 1. The van der Waals surface area contributed by atoms with Crippen LogP contribution in [0.25, 0.3) is 0 Å². The van der Waals surface area contributed by atoms with Gasteiger partial charge in [0.1, 0.15) is 0 Å². The molecule has 18 heavy (non-hydrogen) atoms. The minimum atomic E-state index is 0.415. The van der Waals surface area contributed by atoms with Gasteiger partial charge in [-0.05, 0) is 52.2 Å². The van der Waals surface area contributed by atoms with Crippen LogP contribution in [0.2, 0.25) is 0 Å². The molecule has 1 N–H and O–H groups in total. The minimum Gasteiger partial charge on any atom is -0.312 e. The molecule has 1 saturated carbocycles. The van der Waals surface area contributed by atoms with Gasteiger partial charge < -0.3 is 10.2 Å². The molecule has 0 heterocycles. The number of rotatable bonds is 8. The van der Waals surface area contributed by atoms with E-state index in [4.69, 9.17) is 0 Å². The van der Waals surface area contributed by atoms with E-state index in [0.29, 0.717) is 11.6 Å². The summed E-state index contributed by atoms with van der Waals surface area (Å²) in [4.78, 5) is 2.51. The molecule has 0 amide bonds. The molecule has 0 bridgehead atoms. The molecule has 0 spiro atoms. The molecule has 2 heteroatoms. The summed E-state index contributed by atoms with van der Waals surface area (Å²) >= 11 is 0. The Bertz CT molecular complexity index is 219. The predicted molar refractivity (Wildman–Crippen MR) is 81.0 cm³/mol. The fraction of sp³-hybridized carbons (Fsp3) is 1.00. The molecule has 0 aromatic carbocycles. The molecule has 0 saturated heterocycles. The Morgan fingerprint density at radius 1 is 1.17 bits per heavy atom. The van der Waals surface area contributed by atoms with Crippen LogP contribution in [0.5, 0.6) is 0 Å². The summed E-state index contributed by atoms with van der Waals surface area (Å²) in [7, 11) is 4.56. The van der Waals surface area contributed by atoms with Gasteiger partial charge >= 0.3 is 0 Å². The molecule has 0 radical (unpaired) electrons. The molecule has 1 aliphatic carbocycles. The van der Waals surface area contributed by atoms with Gasteiger partial charge in [-0.3, -0.25) is 0 Å². The predicted octanol–water partition coefficient (Wildman–Crippen LogP) is 3.67. The first-order chi connectivity index (χ1) is 8.56. The van der Waals surface area contributed by atoms with E-state index < -0.39 is 0 Å². The van der Waals surface area contributed by atoms with Crippen LogP contribution >= 0.6 is 0 Å². The quantitative estimate of drug-likeness (QED) is 0.711. The number of nitrogens with one attached hydrogen (secondary N) is 1. The summed E-state index contributed by atoms with van der Waals surface area (Å²) in [6.07, 6.45) is 9.42. The highest BCUT2D eigenvalue weighted by molar-refractivity contribution is 5.02. The molecule has 1 rings (SSSR count). The van der Waals surface area contributed by atoms with Crippen molar-refractivity contribution in [3.63, 3.8) is 0 Å². The number of nitrogens with zero attached hydrogens (tertiary/aromatic N) is 1. The van der Waals surface area contributed by atoms with Crippen molar-refractivity contribution in [1.29, 1.82) is 0 Å². The minimum absolute atomic E-state index is 0.415. The zero-order valence-corrected chi connectivity index (χ0v) is 13.3. The third kappa shape index (κ3) is 3.71. The molecule has 2 unspecified atom stereocenters. The molecule has 2 atom stereocenters. The monoisotopic (exact) mass is 254 g/mol. The van der Waals surface area contributed by atoms with Gasteiger partial charge in [0.2, 0.25) is 0 Å². The fourth-order valence-corrected chi connectivity index (χ4v) is 3.47. The van der Waals surface area contributed by atoms with Crippen LogP contribution in [0.3, 0.4) is 0 Å². The van der Waals surface area contributed by atoms with Crippen molar-refractivity contribution in [2.75, 3.05) is 20.6 Å². The van der Waals surface area contributed by atoms with Crippen LogP contribution in [0, 0.1) is 5.92 Å². The van der Waals surface area contributed by atoms with Gasteiger partial charge in [-0.15, -0.1) is 0 Å². The Morgan fingerprint density at radius 2 is 1.78 bits per heavy atom. The second-order valence-electron chi connectivity index (χ2n) is 6.46. The lowest BCUT2D eigenvalue weighted by Gasteiger charge is -2.45. The third-order valence-corrected chi connectivity index (χ3v) is 4.98. The molecular formula is C16H34N2. The van der Waals surface area contributed by atoms with Crippen LogP contribution in [0.15, 0.2) is 0 Å². The maximum Gasteiger partial charge on any atom is 0.0356 e. The Hall–Kier alpha value is -0.0800. The van der Waals surface area contributed by atoms with Crippen molar-refractivity contribution in [2.45, 2.75) is 77.3 Å². The average molecular weight is 254 g/mol. The standard InChI is InChI=1S/C16H34N2/c1-6-12-17-15(13-14(3)7-2)16(18(4)5)10-8-9-11-16/h14-15,17H,6-13H2,1-5H3. The van der Waals surface area contributed by atoms with Crippen LogP contribution in [0.1, 0.15) is 65.7 Å². The molecule has 1 aliphatic rings. The summed E-state index contributed by atoms with van der Waals surface area (Å²) in [6, 6.07) is 0.671. The Morgan fingerprint density at radius 3 is 2.22 bits per heavy atom. The Labute approximate surface area is 115 Å². The summed E-state index contributed by atoms with van der Waals surface area (Å²) in [5, 5.41) is 3.86. The lowest BCUT2D eigenvalue weighted by Crippen LogP contribution is -2.58. The van der Waals surface area contributed by atoms with Gasteiger partial charge in [0.25, 0.3) is 0 Å². The van der Waals surface area contributed by atoms with Gasteiger partial charge in [-0.1, -0.05) is 40.0 Å². The van der Waals surface area contributed by atoms with Crippen molar-refractivity contribution in [3.8, 4) is 0 Å². The number of likely N-dealkylation sites (N-methyl/N-ethyl adjacent to an activating group) is 1. The largest absolute Gasteiger partial charge is 0.312 e. The smallest absolute Gasteiger partial charge is 0.0356 e. The lowest BCUT2D eigenvalue weighted by atomic mass is 9.81. The lowest BCUT2D eigenvalue weighted by molar-refractivity contribution is 0.0916. The van der Waals surface area contributed by atoms with E-state index >= 15 is 0 Å². The summed E-state index contributed by atoms with van der Waals surface area (Å²) in [6.45, 7) is 8.15. The highest BCUT2D eigenvalue weighted by Crippen LogP contribution is 2.39. The summed E-state index contributed by atoms with van der Waals surface area (Å²) in [5.74, 6) is 0.830. The van der Waals surface area contributed by atoms with Crippen LogP contribution in [-0.4, -0.2) is 37.1 Å². The topological polar surface area (TPSA) is 15.3 Å². The van der Waals surface area contributed by atoms with E-state index in [2.05, 4.69) is 45.1 Å². The SMILES string of the molecule is CCCNC(CC(C)CC)C1(N(C)C)CCCC1. The number of hydrogen-bond acceptors (Lipinski definition) is 2. The third-order valence-electron chi connectivity index (χ3n) is 4.98. The van der Waals surface area contributed by atoms with Crippen molar-refractivity contribution in [3.05, 3.63) is 0 Å². The van der Waals surface area contributed by atoms with E-state index in [9.17, 15) is 0 Å². The average Bonchev–Trinajstić information content (AvgIpc) is 2.84. The van der Waals surface area contributed by atoms with Gasteiger partial charge in [-0.25, -0.2) is 0 Å². The van der Waals surface area contributed by atoms with Gasteiger partial charge in [0.15, 0.2) is 0 Å². The van der Waals surface area contributed by atoms with Crippen molar-refractivity contribution >= 4 is 0 Å². The normalized spacial score (nSPS) is 22.3. The van der Waals surface area contributed by atoms with E-state index in [1.807, 2.05) is 0 Å². The zero-order valence-electron chi connectivity index (χ0n) is 13.3. The highest BCUT2D eigenvalue weighted by atomic mass is 15.2. The van der Waals surface area contributed by atoms with Gasteiger partial charge in [-0.2, -0.15) is 0 Å². The van der Waals surface area contributed by atoms with E-state index in [-0.39, 0.29) is 0 Å². The Balaban J connectivity index is 2.77. The van der Waals surface area contributed by atoms with Gasteiger partial charge in [0, 0.05) is 11.6 Å². The van der Waals surface area contributed by atoms with Crippen molar-refractivity contribution < 1.29 is 0 Å². The van der Waals surface area contributed by atoms with E-state index in [1.165, 1.54) is 44.9 Å². The molecule has 1 fully saturated rings. The molecule has 108 valence electrons. The molecular weight excluding hydrogens is 220 g/mol. The van der Waals surface area contributed by atoms with Crippen molar-refractivity contribution in [1.82, 2.24) is 10.2 Å². The van der Waals surface area contributed by atoms with Gasteiger partial charge in [0.05, 0.1) is 0 Å². The van der Waals surface area contributed by atoms with Crippen LogP contribution in [-0.2, 0) is 0 Å². The van der Waals surface area contributed by atoms with Crippen molar-refractivity contribution in [2.24, 2.45) is 5.92 Å². The maximum atomic E-state index is 3.86. The summed E-state index contributed by atoms with van der Waals surface area (Å²) in [5.41, 5.74) is 0.415. The maximum absolute atomic E-state index is 3.86. The first kappa shape index (κ1) is 16.0. The zero-order chi connectivity index (χ0) is 13.6. The first-order valence-corrected chi connectivity index (χ1v) is 7.97. The molecule has 0 aromatic rings. The first-order valence-electron chi connectivity index (χ1n) is 7.97. The highest BCUT2D eigenvalue weighted by Gasteiger charge is 2.42. The van der Waals surface area contributed by atoms with Crippen LogP contribution in [0.4, 0.5) is 0 Å². The van der Waals surface area contributed by atoms with E-state index in [1.54, 1.807) is 0 Å². The second-order valence-corrected chi connectivity index (χ2v) is 6.46. The molecule has 2 nitrogen and oxygen atoms in total. The Kier molecular flexibility index (Phi) is 6.65. The van der Waals surface area contributed by atoms with Crippen LogP contribution < -0.4 is 5.32 Å².